The van der Waals surface area contributed by atoms with Crippen molar-refractivity contribution < 1.29 is 4.79 Å². The van der Waals surface area contributed by atoms with Crippen molar-refractivity contribution in [1.82, 2.24) is 9.80 Å². The summed E-state index contributed by atoms with van der Waals surface area (Å²) in [4.78, 5) is 16.8. The molecule has 1 unspecified atom stereocenters. The Balaban J connectivity index is 2.13. The van der Waals surface area contributed by atoms with Crippen LogP contribution in [0, 0.1) is 6.92 Å². The molecule has 0 bridgehead atoms. The lowest BCUT2D eigenvalue weighted by Gasteiger charge is -2.39. The highest BCUT2D eigenvalue weighted by atomic mass is 16.2. The molecule has 0 spiro atoms. The maximum absolute atomic E-state index is 12.5. The van der Waals surface area contributed by atoms with Gasteiger partial charge in [-0.25, -0.2) is 0 Å². The first-order valence-corrected chi connectivity index (χ1v) is 6.88. The van der Waals surface area contributed by atoms with Gasteiger partial charge in [0, 0.05) is 36.9 Å². The van der Waals surface area contributed by atoms with Gasteiger partial charge in [0.1, 0.15) is 0 Å². The number of amides is 1. The number of nitrogens with two attached hydrogens (primary N) is 1. The highest BCUT2D eigenvalue weighted by Gasteiger charge is 2.26. The zero-order valence-corrected chi connectivity index (χ0v) is 12.0. The minimum Gasteiger partial charge on any atom is -0.398 e. The van der Waals surface area contributed by atoms with Crippen molar-refractivity contribution in [2.75, 3.05) is 32.4 Å². The molecule has 1 aliphatic rings. The second kappa shape index (κ2) is 5.61. The average Bonchev–Trinajstić information content (AvgIpc) is 2.41. The predicted octanol–water partition coefficient (Wildman–Crippen LogP) is 1.74. The Hall–Kier alpha value is -1.55. The van der Waals surface area contributed by atoms with Gasteiger partial charge in [-0.15, -0.1) is 0 Å². The van der Waals surface area contributed by atoms with Crippen LogP contribution in [0.25, 0.3) is 0 Å². The van der Waals surface area contributed by atoms with E-state index in [4.69, 9.17) is 5.73 Å². The van der Waals surface area contributed by atoms with Crippen molar-refractivity contribution in [3.8, 4) is 0 Å². The van der Waals surface area contributed by atoms with E-state index in [2.05, 4.69) is 18.9 Å². The number of aryl methyl sites for hydroxylation is 1. The third-order valence-corrected chi connectivity index (χ3v) is 4.06. The SMILES string of the molecule is CCC1CN(C(=O)c2ccc(C)c(N)c2)CCN1C. The molecule has 1 aliphatic heterocycles. The third kappa shape index (κ3) is 2.89. The summed E-state index contributed by atoms with van der Waals surface area (Å²) in [6.45, 7) is 6.65. The van der Waals surface area contributed by atoms with Crippen LogP contribution in [0.3, 0.4) is 0 Å². The van der Waals surface area contributed by atoms with Gasteiger partial charge in [-0.1, -0.05) is 13.0 Å². The number of carbonyl (C=O) groups is 1. The first kappa shape index (κ1) is 13.9. The van der Waals surface area contributed by atoms with Crippen LogP contribution in [0.1, 0.15) is 29.3 Å². The van der Waals surface area contributed by atoms with Gasteiger partial charge in [0.05, 0.1) is 0 Å². The lowest BCUT2D eigenvalue weighted by molar-refractivity contribution is 0.0542. The zero-order valence-electron chi connectivity index (χ0n) is 12.0. The number of nitrogens with zero attached hydrogens (tertiary/aromatic N) is 2. The van der Waals surface area contributed by atoms with Crippen LogP contribution in [0.15, 0.2) is 18.2 Å². The van der Waals surface area contributed by atoms with Crippen molar-refractivity contribution >= 4 is 11.6 Å². The van der Waals surface area contributed by atoms with E-state index in [-0.39, 0.29) is 5.91 Å². The fraction of sp³-hybridized carbons (Fsp3) is 0.533. The summed E-state index contributed by atoms with van der Waals surface area (Å²) in [6.07, 6.45) is 1.07. The first-order valence-electron chi connectivity index (χ1n) is 6.88. The van der Waals surface area contributed by atoms with E-state index in [0.29, 0.717) is 17.3 Å². The van der Waals surface area contributed by atoms with Crippen LogP contribution in [0.4, 0.5) is 5.69 Å². The largest absolute Gasteiger partial charge is 0.398 e. The topological polar surface area (TPSA) is 49.6 Å². The second-order valence-corrected chi connectivity index (χ2v) is 5.37. The molecular weight excluding hydrogens is 238 g/mol. The molecule has 2 N–H and O–H groups in total. The number of nitrogen functional groups attached to an aromatic ring is 1. The second-order valence-electron chi connectivity index (χ2n) is 5.37. The van der Waals surface area contributed by atoms with Gasteiger partial charge >= 0.3 is 0 Å². The molecule has 1 atom stereocenters. The lowest BCUT2D eigenvalue weighted by atomic mass is 10.1. The van der Waals surface area contributed by atoms with Crippen LogP contribution in [-0.2, 0) is 0 Å². The highest BCUT2D eigenvalue weighted by Crippen LogP contribution is 2.17. The molecule has 1 heterocycles. The van der Waals surface area contributed by atoms with Gasteiger partial charge in [-0.2, -0.15) is 0 Å². The molecule has 1 amide bonds. The Morgan fingerprint density at radius 2 is 2.16 bits per heavy atom. The number of likely N-dealkylation sites (N-methyl/N-ethyl adjacent to an activating group) is 1. The molecule has 1 aromatic carbocycles. The summed E-state index contributed by atoms with van der Waals surface area (Å²) in [5.74, 6) is 0.0956. The number of anilines is 1. The van der Waals surface area contributed by atoms with Crippen LogP contribution in [-0.4, -0.2) is 48.4 Å². The maximum atomic E-state index is 12.5. The molecule has 1 saturated heterocycles. The number of carbonyl (C=O) groups excluding carboxylic acids is 1. The summed E-state index contributed by atoms with van der Waals surface area (Å²) in [5, 5.41) is 0. The van der Waals surface area contributed by atoms with Gasteiger partial charge in [0.15, 0.2) is 0 Å². The predicted molar refractivity (Wildman–Crippen MR) is 78.2 cm³/mol. The Morgan fingerprint density at radius 3 is 2.79 bits per heavy atom. The van der Waals surface area contributed by atoms with Crippen molar-refractivity contribution in [3.63, 3.8) is 0 Å². The molecule has 0 saturated carbocycles. The van der Waals surface area contributed by atoms with Gasteiger partial charge in [0.2, 0.25) is 0 Å². The molecule has 1 fully saturated rings. The van der Waals surface area contributed by atoms with Crippen LogP contribution >= 0.6 is 0 Å². The van der Waals surface area contributed by atoms with E-state index in [9.17, 15) is 4.79 Å². The normalized spacial score (nSPS) is 20.6. The molecule has 0 aromatic heterocycles. The number of hydrogen-bond acceptors (Lipinski definition) is 3. The molecule has 1 aromatic rings. The third-order valence-electron chi connectivity index (χ3n) is 4.06. The maximum Gasteiger partial charge on any atom is 0.254 e. The van der Waals surface area contributed by atoms with Crippen molar-refractivity contribution in [1.29, 1.82) is 0 Å². The van der Waals surface area contributed by atoms with Crippen molar-refractivity contribution in [2.24, 2.45) is 0 Å². The Morgan fingerprint density at radius 1 is 1.42 bits per heavy atom. The Labute approximate surface area is 115 Å². The van der Waals surface area contributed by atoms with Gasteiger partial charge in [0.25, 0.3) is 5.91 Å². The number of hydrogen-bond donors (Lipinski definition) is 1. The number of rotatable bonds is 2. The number of piperazine rings is 1. The number of benzene rings is 1. The van der Waals surface area contributed by atoms with Gasteiger partial charge in [-0.3, -0.25) is 9.69 Å². The summed E-state index contributed by atoms with van der Waals surface area (Å²) < 4.78 is 0. The molecule has 19 heavy (non-hydrogen) atoms. The Bertz CT molecular complexity index is 472. The van der Waals surface area contributed by atoms with E-state index < -0.39 is 0 Å². The summed E-state index contributed by atoms with van der Waals surface area (Å²) >= 11 is 0. The van der Waals surface area contributed by atoms with E-state index in [1.807, 2.05) is 24.0 Å². The molecule has 4 heteroatoms. The summed E-state index contributed by atoms with van der Waals surface area (Å²) in [5.41, 5.74) is 8.28. The van der Waals surface area contributed by atoms with Crippen LogP contribution in [0.2, 0.25) is 0 Å². The van der Waals surface area contributed by atoms with E-state index in [1.54, 1.807) is 6.07 Å². The highest BCUT2D eigenvalue weighted by molar-refractivity contribution is 5.95. The fourth-order valence-corrected chi connectivity index (χ4v) is 2.53. The molecule has 4 nitrogen and oxygen atoms in total. The smallest absolute Gasteiger partial charge is 0.254 e. The van der Waals surface area contributed by atoms with Crippen molar-refractivity contribution in [3.05, 3.63) is 29.3 Å². The average molecular weight is 261 g/mol. The monoisotopic (exact) mass is 261 g/mol. The van der Waals surface area contributed by atoms with Gasteiger partial charge < -0.3 is 10.6 Å². The quantitative estimate of drug-likeness (QED) is 0.825. The van der Waals surface area contributed by atoms with E-state index >= 15 is 0 Å². The minimum atomic E-state index is 0.0956. The molecule has 0 radical (unpaired) electrons. The van der Waals surface area contributed by atoms with E-state index in [0.717, 1.165) is 31.6 Å². The molecule has 104 valence electrons. The summed E-state index contributed by atoms with van der Waals surface area (Å²) in [7, 11) is 2.12. The zero-order chi connectivity index (χ0) is 14.0. The van der Waals surface area contributed by atoms with Crippen molar-refractivity contribution in [2.45, 2.75) is 26.3 Å². The molecule has 2 rings (SSSR count). The van der Waals surface area contributed by atoms with Crippen LogP contribution in [0.5, 0.6) is 0 Å². The fourth-order valence-electron chi connectivity index (χ4n) is 2.53. The molecular formula is C15H23N3O. The Kier molecular flexibility index (Phi) is 4.10. The summed E-state index contributed by atoms with van der Waals surface area (Å²) in [6, 6.07) is 6.03. The standard InChI is InChI=1S/C15H23N3O/c1-4-13-10-18(8-7-17(13)3)15(19)12-6-5-11(2)14(16)9-12/h5-6,9,13H,4,7-8,10,16H2,1-3H3. The van der Waals surface area contributed by atoms with Crippen LogP contribution < -0.4 is 5.73 Å². The first-order chi connectivity index (χ1) is 9.02. The lowest BCUT2D eigenvalue weighted by Crippen LogP contribution is -2.52. The van der Waals surface area contributed by atoms with E-state index in [1.165, 1.54) is 0 Å². The molecule has 0 aliphatic carbocycles. The van der Waals surface area contributed by atoms with Gasteiger partial charge in [-0.05, 0) is 38.1 Å². The minimum absolute atomic E-state index is 0.0956.